The second-order valence-corrected chi connectivity index (χ2v) is 4.43. The Hall–Kier alpha value is -2.07. The van der Waals surface area contributed by atoms with E-state index in [0.717, 1.165) is 30.2 Å². The predicted octanol–water partition coefficient (Wildman–Crippen LogP) is 1.75. The van der Waals surface area contributed by atoms with Crippen molar-refractivity contribution in [3.8, 4) is 11.5 Å². The van der Waals surface area contributed by atoms with Crippen molar-refractivity contribution in [2.45, 2.75) is 20.0 Å². The summed E-state index contributed by atoms with van der Waals surface area (Å²) in [5.41, 5.74) is 2.42. The summed E-state index contributed by atoms with van der Waals surface area (Å²) in [6, 6.07) is 10.1. The topological polar surface area (TPSA) is 48.0 Å². The number of para-hydroxylation sites is 1. The Morgan fingerprint density at radius 1 is 1.10 bits per heavy atom. The van der Waals surface area contributed by atoms with Gasteiger partial charge in [-0.25, -0.2) is 0 Å². The first-order valence-electron chi connectivity index (χ1n) is 6.84. The van der Waals surface area contributed by atoms with E-state index in [0.29, 0.717) is 6.61 Å². The molecule has 1 aromatic carbocycles. The SMILES string of the molecule is CCOc1c(C[NH2+]Cc2ccncc2)cccc1OC. The van der Waals surface area contributed by atoms with Gasteiger partial charge in [-0.2, -0.15) is 0 Å². The highest BCUT2D eigenvalue weighted by Crippen LogP contribution is 2.30. The van der Waals surface area contributed by atoms with Gasteiger partial charge in [-0.3, -0.25) is 4.98 Å². The summed E-state index contributed by atoms with van der Waals surface area (Å²) >= 11 is 0. The van der Waals surface area contributed by atoms with Crippen LogP contribution in [-0.4, -0.2) is 18.7 Å². The Labute approximate surface area is 119 Å². The van der Waals surface area contributed by atoms with Crippen LogP contribution in [0, 0.1) is 0 Å². The van der Waals surface area contributed by atoms with Crippen LogP contribution in [0.2, 0.25) is 0 Å². The summed E-state index contributed by atoms with van der Waals surface area (Å²) in [5.74, 6) is 1.64. The fraction of sp³-hybridized carbons (Fsp3) is 0.312. The number of methoxy groups -OCH3 is 1. The van der Waals surface area contributed by atoms with Gasteiger partial charge in [0.25, 0.3) is 0 Å². The zero-order chi connectivity index (χ0) is 14.2. The third-order valence-corrected chi connectivity index (χ3v) is 3.06. The van der Waals surface area contributed by atoms with E-state index in [-0.39, 0.29) is 0 Å². The minimum atomic E-state index is 0.637. The van der Waals surface area contributed by atoms with E-state index in [1.165, 1.54) is 5.56 Å². The smallest absolute Gasteiger partial charge is 0.169 e. The lowest BCUT2D eigenvalue weighted by Gasteiger charge is -2.13. The molecule has 0 saturated heterocycles. The van der Waals surface area contributed by atoms with Crippen molar-refractivity contribution in [3.05, 3.63) is 53.9 Å². The number of benzene rings is 1. The molecule has 106 valence electrons. The van der Waals surface area contributed by atoms with Crippen molar-refractivity contribution < 1.29 is 14.8 Å². The van der Waals surface area contributed by atoms with Gasteiger partial charge >= 0.3 is 0 Å². The number of quaternary nitrogens is 1. The highest BCUT2D eigenvalue weighted by molar-refractivity contribution is 5.46. The van der Waals surface area contributed by atoms with E-state index in [1.54, 1.807) is 7.11 Å². The first kappa shape index (κ1) is 14.3. The molecule has 0 spiro atoms. The highest BCUT2D eigenvalue weighted by atomic mass is 16.5. The van der Waals surface area contributed by atoms with Gasteiger partial charge in [0.2, 0.25) is 0 Å². The summed E-state index contributed by atoms with van der Waals surface area (Å²) in [4.78, 5) is 4.02. The number of rotatable bonds is 7. The van der Waals surface area contributed by atoms with Gasteiger partial charge in [0.15, 0.2) is 11.5 Å². The summed E-state index contributed by atoms with van der Waals surface area (Å²) in [6.07, 6.45) is 3.64. The molecule has 0 fully saturated rings. The van der Waals surface area contributed by atoms with E-state index in [9.17, 15) is 0 Å². The first-order chi connectivity index (χ1) is 9.85. The Bertz CT molecular complexity index is 529. The standard InChI is InChI=1S/C16H20N2O2/c1-3-20-16-14(5-4-6-15(16)19-2)12-18-11-13-7-9-17-10-8-13/h4-10,18H,3,11-12H2,1-2H3/p+1. The quantitative estimate of drug-likeness (QED) is 0.836. The molecule has 0 radical (unpaired) electrons. The van der Waals surface area contributed by atoms with Gasteiger partial charge < -0.3 is 14.8 Å². The van der Waals surface area contributed by atoms with Crippen LogP contribution in [0.15, 0.2) is 42.7 Å². The van der Waals surface area contributed by atoms with Crippen LogP contribution >= 0.6 is 0 Å². The Balaban J connectivity index is 2.01. The second kappa shape index (κ2) is 7.50. The van der Waals surface area contributed by atoms with Crippen LogP contribution in [-0.2, 0) is 13.1 Å². The van der Waals surface area contributed by atoms with Gasteiger partial charge in [0, 0.05) is 18.0 Å². The highest BCUT2D eigenvalue weighted by Gasteiger charge is 2.11. The summed E-state index contributed by atoms with van der Waals surface area (Å²) in [7, 11) is 1.67. The third kappa shape index (κ3) is 3.71. The van der Waals surface area contributed by atoms with E-state index in [4.69, 9.17) is 9.47 Å². The van der Waals surface area contributed by atoms with Crippen molar-refractivity contribution in [1.29, 1.82) is 0 Å². The molecule has 2 aromatic rings. The zero-order valence-electron chi connectivity index (χ0n) is 12.0. The lowest BCUT2D eigenvalue weighted by molar-refractivity contribution is -0.686. The van der Waals surface area contributed by atoms with E-state index >= 15 is 0 Å². The minimum absolute atomic E-state index is 0.637. The van der Waals surface area contributed by atoms with Gasteiger partial charge in [0.1, 0.15) is 13.1 Å². The molecule has 0 aliphatic carbocycles. The number of nitrogens with two attached hydrogens (primary N) is 1. The Kier molecular flexibility index (Phi) is 5.38. The van der Waals surface area contributed by atoms with Crippen LogP contribution in [0.1, 0.15) is 18.1 Å². The molecule has 0 unspecified atom stereocenters. The predicted molar refractivity (Wildman–Crippen MR) is 77.7 cm³/mol. The lowest BCUT2D eigenvalue weighted by atomic mass is 10.1. The van der Waals surface area contributed by atoms with Crippen molar-refractivity contribution >= 4 is 0 Å². The molecule has 0 atom stereocenters. The molecule has 4 nitrogen and oxygen atoms in total. The summed E-state index contributed by atoms with van der Waals surface area (Å²) in [6.45, 7) is 4.40. The fourth-order valence-electron chi connectivity index (χ4n) is 2.10. The van der Waals surface area contributed by atoms with Crippen LogP contribution in [0.4, 0.5) is 0 Å². The molecule has 0 saturated carbocycles. The van der Waals surface area contributed by atoms with E-state index < -0.39 is 0 Å². The van der Waals surface area contributed by atoms with Gasteiger partial charge in [-0.05, 0) is 31.2 Å². The number of hydrogen-bond acceptors (Lipinski definition) is 3. The molecule has 2 rings (SSSR count). The van der Waals surface area contributed by atoms with Gasteiger partial charge in [-0.1, -0.05) is 6.07 Å². The average Bonchev–Trinajstić information content (AvgIpc) is 2.50. The van der Waals surface area contributed by atoms with Gasteiger partial charge in [0.05, 0.1) is 19.3 Å². The van der Waals surface area contributed by atoms with Crippen LogP contribution in [0.5, 0.6) is 11.5 Å². The second-order valence-electron chi connectivity index (χ2n) is 4.43. The molecular formula is C16H21N2O2+. The number of aromatic nitrogens is 1. The normalized spacial score (nSPS) is 10.3. The monoisotopic (exact) mass is 273 g/mol. The molecule has 4 heteroatoms. The Morgan fingerprint density at radius 3 is 2.60 bits per heavy atom. The third-order valence-electron chi connectivity index (χ3n) is 3.06. The molecule has 2 N–H and O–H groups in total. The number of hydrogen-bond donors (Lipinski definition) is 1. The van der Waals surface area contributed by atoms with Crippen molar-refractivity contribution in [2.24, 2.45) is 0 Å². The number of nitrogens with zero attached hydrogens (tertiary/aromatic N) is 1. The number of pyridine rings is 1. The minimum Gasteiger partial charge on any atom is -0.493 e. The maximum absolute atomic E-state index is 5.71. The molecular weight excluding hydrogens is 252 g/mol. The van der Waals surface area contributed by atoms with Crippen molar-refractivity contribution in [2.75, 3.05) is 13.7 Å². The van der Waals surface area contributed by atoms with E-state index in [2.05, 4.69) is 16.4 Å². The maximum atomic E-state index is 5.71. The maximum Gasteiger partial charge on any atom is 0.169 e. The molecule has 0 amide bonds. The largest absolute Gasteiger partial charge is 0.493 e. The molecule has 1 heterocycles. The average molecular weight is 273 g/mol. The summed E-state index contributed by atoms with van der Waals surface area (Å²) in [5, 5.41) is 2.24. The molecule has 0 bridgehead atoms. The zero-order valence-corrected chi connectivity index (χ0v) is 12.0. The Morgan fingerprint density at radius 2 is 1.90 bits per heavy atom. The van der Waals surface area contributed by atoms with Crippen LogP contribution in [0.25, 0.3) is 0 Å². The van der Waals surface area contributed by atoms with Crippen LogP contribution < -0.4 is 14.8 Å². The van der Waals surface area contributed by atoms with E-state index in [1.807, 2.05) is 43.6 Å². The van der Waals surface area contributed by atoms with Crippen molar-refractivity contribution in [1.82, 2.24) is 4.98 Å². The molecule has 0 aliphatic rings. The van der Waals surface area contributed by atoms with Gasteiger partial charge in [-0.15, -0.1) is 0 Å². The molecule has 20 heavy (non-hydrogen) atoms. The first-order valence-corrected chi connectivity index (χ1v) is 6.84. The van der Waals surface area contributed by atoms with Crippen molar-refractivity contribution in [3.63, 3.8) is 0 Å². The fourth-order valence-corrected chi connectivity index (χ4v) is 2.10. The van der Waals surface area contributed by atoms with Crippen LogP contribution in [0.3, 0.4) is 0 Å². The lowest BCUT2D eigenvalue weighted by Crippen LogP contribution is -2.80. The summed E-state index contributed by atoms with van der Waals surface area (Å²) < 4.78 is 11.1. The number of ether oxygens (including phenoxy) is 2. The molecule has 1 aromatic heterocycles. The molecule has 0 aliphatic heterocycles.